The van der Waals surface area contributed by atoms with Gasteiger partial charge in [0, 0.05) is 13.0 Å². The lowest BCUT2D eigenvalue weighted by Gasteiger charge is -2.23. The number of anilines is 1. The van der Waals surface area contributed by atoms with E-state index in [1.165, 1.54) is 18.2 Å². The first kappa shape index (κ1) is 14.3. The summed E-state index contributed by atoms with van der Waals surface area (Å²) in [5.41, 5.74) is 0.608. The Hall–Kier alpha value is -2.60. The third-order valence-electron chi connectivity index (χ3n) is 2.92. The standard InChI is InChI=1S/C16H12N2O3S/c1-11(19)15-17-18(12-6-3-2-4-7-12)16(20)14(22-15)10-13-8-5-9-21-13/h2-10H,1H3. The van der Waals surface area contributed by atoms with Gasteiger partial charge in [0.1, 0.15) is 5.76 Å². The van der Waals surface area contributed by atoms with E-state index in [0.717, 1.165) is 11.8 Å². The van der Waals surface area contributed by atoms with Crippen LogP contribution in [0.15, 0.2) is 63.2 Å². The Balaban J connectivity index is 2.04. The van der Waals surface area contributed by atoms with Gasteiger partial charge >= 0.3 is 0 Å². The van der Waals surface area contributed by atoms with E-state index in [1.54, 1.807) is 30.3 Å². The Labute approximate surface area is 131 Å². The number of ketones is 1. The predicted octanol–water partition coefficient (Wildman–Crippen LogP) is 3.30. The molecule has 0 atom stereocenters. The minimum Gasteiger partial charge on any atom is -0.465 e. The quantitative estimate of drug-likeness (QED) is 0.816. The Bertz CT molecular complexity index is 764. The SMILES string of the molecule is CC(=O)C1=NN(c2ccccc2)C(=O)C(=Cc2ccco2)S1. The van der Waals surface area contributed by atoms with Crippen LogP contribution in [-0.2, 0) is 9.59 Å². The average molecular weight is 312 g/mol. The molecule has 0 aliphatic carbocycles. The maximum absolute atomic E-state index is 12.6. The predicted molar refractivity (Wildman–Crippen MR) is 86.3 cm³/mol. The summed E-state index contributed by atoms with van der Waals surface area (Å²) < 4.78 is 5.24. The van der Waals surface area contributed by atoms with Gasteiger partial charge in [-0.2, -0.15) is 10.1 Å². The largest absolute Gasteiger partial charge is 0.465 e. The van der Waals surface area contributed by atoms with Crippen LogP contribution in [-0.4, -0.2) is 16.7 Å². The summed E-state index contributed by atoms with van der Waals surface area (Å²) in [4.78, 5) is 24.7. The maximum atomic E-state index is 12.6. The third kappa shape index (κ3) is 2.87. The number of benzene rings is 1. The normalized spacial score (nSPS) is 16.8. The summed E-state index contributed by atoms with van der Waals surface area (Å²) in [5, 5.41) is 5.66. The molecule has 0 fully saturated rings. The van der Waals surface area contributed by atoms with Crippen LogP contribution in [0.2, 0.25) is 0 Å². The molecule has 6 heteroatoms. The van der Waals surface area contributed by atoms with E-state index < -0.39 is 0 Å². The molecule has 5 nitrogen and oxygen atoms in total. The van der Waals surface area contributed by atoms with Gasteiger partial charge in [-0.25, -0.2) is 0 Å². The van der Waals surface area contributed by atoms with E-state index in [2.05, 4.69) is 5.10 Å². The molecule has 3 rings (SSSR count). The van der Waals surface area contributed by atoms with Gasteiger partial charge in [-0.1, -0.05) is 30.0 Å². The Morgan fingerprint density at radius 3 is 2.64 bits per heavy atom. The van der Waals surface area contributed by atoms with Gasteiger partial charge < -0.3 is 4.42 Å². The molecule has 0 spiro atoms. The minimum absolute atomic E-state index is 0.191. The van der Waals surface area contributed by atoms with Gasteiger partial charge in [0.25, 0.3) is 5.91 Å². The molecular formula is C16H12N2O3S. The zero-order valence-corrected chi connectivity index (χ0v) is 12.5. The molecule has 0 unspecified atom stereocenters. The van der Waals surface area contributed by atoms with Crippen molar-refractivity contribution >= 4 is 40.3 Å². The highest BCUT2D eigenvalue weighted by Gasteiger charge is 2.29. The van der Waals surface area contributed by atoms with Crippen LogP contribution in [0.3, 0.4) is 0 Å². The Morgan fingerprint density at radius 2 is 2.00 bits per heavy atom. The summed E-state index contributed by atoms with van der Waals surface area (Å²) in [6.07, 6.45) is 3.14. The fraction of sp³-hybridized carbons (Fsp3) is 0.0625. The first-order valence-corrected chi connectivity index (χ1v) is 7.39. The number of rotatable bonds is 3. The Morgan fingerprint density at radius 1 is 1.23 bits per heavy atom. The molecule has 2 heterocycles. The Kier molecular flexibility index (Phi) is 3.93. The molecule has 1 aliphatic heterocycles. The lowest BCUT2D eigenvalue weighted by molar-refractivity contribution is -0.114. The van der Waals surface area contributed by atoms with Gasteiger partial charge in [-0.05, 0) is 24.3 Å². The fourth-order valence-corrected chi connectivity index (χ4v) is 2.71. The highest BCUT2D eigenvalue weighted by Crippen LogP contribution is 2.31. The van der Waals surface area contributed by atoms with Crippen molar-refractivity contribution < 1.29 is 14.0 Å². The number of furan rings is 1. The van der Waals surface area contributed by atoms with Gasteiger partial charge in [-0.3, -0.25) is 9.59 Å². The molecule has 0 radical (unpaired) electrons. The van der Waals surface area contributed by atoms with Gasteiger partial charge in [-0.15, -0.1) is 0 Å². The second kappa shape index (κ2) is 6.03. The molecule has 0 bridgehead atoms. The van der Waals surface area contributed by atoms with Crippen LogP contribution in [0.25, 0.3) is 6.08 Å². The summed E-state index contributed by atoms with van der Waals surface area (Å²) in [6.45, 7) is 1.43. The number of carbonyl (C=O) groups excluding carboxylic acids is 2. The maximum Gasteiger partial charge on any atom is 0.285 e. The molecule has 1 aliphatic rings. The van der Waals surface area contributed by atoms with Crippen molar-refractivity contribution in [2.24, 2.45) is 5.10 Å². The van der Waals surface area contributed by atoms with Crippen LogP contribution in [0.4, 0.5) is 5.69 Å². The van der Waals surface area contributed by atoms with E-state index in [-0.39, 0.29) is 16.7 Å². The molecule has 0 saturated heterocycles. The summed E-state index contributed by atoms with van der Waals surface area (Å²) in [6, 6.07) is 12.5. The lowest BCUT2D eigenvalue weighted by atomic mass is 10.3. The van der Waals surface area contributed by atoms with Gasteiger partial charge in [0.2, 0.25) is 0 Å². The number of thioether (sulfide) groups is 1. The molecule has 1 aromatic heterocycles. The lowest BCUT2D eigenvalue weighted by Crippen LogP contribution is -2.32. The van der Waals surface area contributed by atoms with E-state index in [1.807, 2.05) is 18.2 Å². The minimum atomic E-state index is -0.294. The van der Waals surface area contributed by atoms with E-state index in [9.17, 15) is 9.59 Å². The molecule has 1 aromatic carbocycles. The van der Waals surface area contributed by atoms with Crippen LogP contribution < -0.4 is 5.01 Å². The van der Waals surface area contributed by atoms with Crippen molar-refractivity contribution in [3.8, 4) is 0 Å². The van der Waals surface area contributed by atoms with Crippen molar-refractivity contribution in [2.45, 2.75) is 6.92 Å². The molecule has 110 valence electrons. The smallest absolute Gasteiger partial charge is 0.285 e. The summed E-state index contributed by atoms with van der Waals surface area (Å²) in [7, 11) is 0. The number of nitrogens with zero attached hydrogens (tertiary/aromatic N) is 2. The fourth-order valence-electron chi connectivity index (χ4n) is 1.89. The number of carbonyl (C=O) groups is 2. The second-order valence-electron chi connectivity index (χ2n) is 4.54. The van der Waals surface area contributed by atoms with Crippen LogP contribution in [0.1, 0.15) is 12.7 Å². The van der Waals surface area contributed by atoms with Gasteiger partial charge in [0.15, 0.2) is 10.8 Å². The first-order chi connectivity index (χ1) is 10.6. The zero-order valence-electron chi connectivity index (χ0n) is 11.7. The molecular weight excluding hydrogens is 300 g/mol. The highest BCUT2D eigenvalue weighted by atomic mass is 32.2. The molecule has 1 amide bonds. The van der Waals surface area contributed by atoms with Crippen molar-refractivity contribution in [2.75, 3.05) is 5.01 Å². The van der Waals surface area contributed by atoms with Crippen LogP contribution in [0, 0.1) is 0 Å². The van der Waals surface area contributed by atoms with Crippen molar-refractivity contribution in [1.29, 1.82) is 0 Å². The molecule has 2 aromatic rings. The number of para-hydroxylation sites is 1. The van der Waals surface area contributed by atoms with Crippen molar-refractivity contribution in [1.82, 2.24) is 0 Å². The third-order valence-corrected chi connectivity index (χ3v) is 3.99. The number of amides is 1. The second-order valence-corrected chi connectivity index (χ2v) is 5.57. The highest BCUT2D eigenvalue weighted by molar-refractivity contribution is 8.19. The van der Waals surface area contributed by atoms with Crippen LogP contribution >= 0.6 is 11.8 Å². The van der Waals surface area contributed by atoms with Crippen molar-refractivity contribution in [3.05, 3.63) is 59.4 Å². The molecule has 22 heavy (non-hydrogen) atoms. The van der Waals surface area contributed by atoms with Gasteiger partial charge in [0.05, 0.1) is 16.9 Å². The first-order valence-electron chi connectivity index (χ1n) is 6.57. The zero-order chi connectivity index (χ0) is 15.5. The number of Topliss-reactive ketones (excluding diaryl/α,β-unsaturated/α-hetero) is 1. The summed E-state index contributed by atoms with van der Waals surface area (Å²) in [5.74, 6) is 0.0649. The monoisotopic (exact) mass is 312 g/mol. The van der Waals surface area contributed by atoms with E-state index in [4.69, 9.17) is 4.42 Å². The van der Waals surface area contributed by atoms with E-state index >= 15 is 0 Å². The summed E-state index contributed by atoms with van der Waals surface area (Å²) >= 11 is 1.05. The number of hydrogen-bond acceptors (Lipinski definition) is 5. The molecule has 0 N–H and O–H groups in total. The molecule has 0 saturated carbocycles. The number of hydrogen-bond donors (Lipinski definition) is 0. The average Bonchev–Trinajstić information content (AvgIpc) is 3.03. The van der Waals surface area contributed by atoms with E-state index in [0.29, 0.717) is 16.4 Å². The topological polar surface area (TPSA) is 62.9 Å². The van der Waals surface area contributed by atoms with Crippen LogP contribution in [0.5, 0.6) is 0 Å². The van der Waals surface area contributed by atoms with Crippen molar-refractivity contribution in [3.63, 3.8) is 0 Å². The number of hydrazone groups is 1.